The molecule has 0 spiro atoms. The molecule has 35 heavy (non-hydrogen) atoms. The highest BCUT2D eigenvalue weighted by atomic mass is 32.2. The number of carbonyl (C=O) groups excluding carboxylic acids is 1. The molecule has 1 saturated heterocycles. The molecule has 0 unspecified atom stereocenters. The molecular formula is C26H31N3O5S. The van der Waals surface area contributed by atoms with Crippen LogP contribution in [0.15, 0.2) is 59.5 Å². The second kappa shape index (κ2) is 10.2. The zero-order chi connectivity index (χ0) is 25.2. The lowest BCUT2D eigenvalue weighted by Gasteiger charge is -2.26. The third-order valence-corrected chi connectivity index (χ3v) is 7.72. The minimum Gasteiger partial charge on any atom is -0.489 e. The number of morpholine rings is 1. The van der Waals surface area contributed by atoms with E-state index >= 15 is 0 Å². The SMILES string of the molecule is Cc1ccc(C)n1-c1ccc(C(=O)Nc2cc(S(=O)(=O)N3CCOCC3)ccc2OC(C)C)cc1. The van der Waals surface area contributed by atoms with Crippen molar-refractivity contribution in [3.8, 4) is 11.4 Å². The topological polar surface area (TPSA) is 89.9 Å². The Morgan fingerprint density at radius 2 is 1.60 bits per heavy atom. The summed E-state index contributed by atoms with van der Waals surface area (Å²) in [6, 6.07) is 15.9. The largest absolute Gasteiger partial charge is 0.489 e. The predicted molar refractivity (Wildman–Crippen MR) is 135 cm³/mol. The van der Waals surface area contributed by atoms with E-state index in [-0.39, 0.29) is 16.9 Å². The van der Waals surface area contributed by atoms with E-state index in [0.717, 1.165) is 17.1 Å². The summed E-state index contributed by atoms with van der Waals surface area (Å²) in [7, 11) is -3.73. The molecular weight excluding hydrogens is 466 g/mol. The Morgan fingerprint density at radius 1 is 0.971 bits per heavy atom. The maximum Gasteiger partial charge on any atom is 0.255 e. The number of aromatic nitrogens is 1. The number of aryl methyl sites for hydroxylation is 2. The predicted octanol–water partition coefficient (Wildman–Crippen LogP) is 4.15. The summed E-state index contributed by atoms with van der Waals surface area (Å²) >= 11 is 0. The second-order valence-electron chi connectivity index (χ2n) is 8.79. The molecule has 2 heterocycles. The maximum absolute atomic E-state index is 13.1. The Labute approximate surface area is 206 Å². The first-order valence-electron chi connectivity index (χ1n) is 11.6. The molecule has 8 nitrogen and oxygen atoms in total. The quantitative estimate of drug-likeness (QED) is 0.530. The van der Waals surface area contributed by atoms with E-state index < -0.39 is 10.0 Å². The van der Waals surface area contributed by atoms with Crippen LogP contribution in [0, 0.1) is 13.8 Å². The molecule has 0 radical (unpaired) electrons. The Balaban J connectivity index is 1.61. The maximum atomic E-state index is 13.1. The van der Waals surface area contributed by atoms with Gasteiger partial charge in [0.25, 0.3) is 5.91 Å². The number of benzene rings is 2. The van der Waals surface area contributed by atoms with Crippen molar-refractivity contribution >= 4 is 21.6 Å². The van der Waals surface area contributed by atoms with E-state index in [2.05, 4.69) is 9.88 Å². The Bertz CT molecular complexity index is 1290. The van der Waals surface area contributed by atoms with E-state index in [1.807, 2.05) is 52.0 Å². The van der Waals surface area contributed by atoms with Gasteiger partial charge < -0.3 is 19.4 Å². The Kier molecular flexibility index (Phi) is 7.30. The summed E-state index contributed by atoms with van der Waals surface area (Å²) in [5, 5.41) is 2.85. The van der Waals surface area contributed by atoms with Crippen LogP contribution in [-0.2, 0) is 14.8 Å². The highest BCUT2D eigenvalue weighted by Gasteiger charge is 2.27. The van der Waals surface area contributed by atoms with Gasteiger partial charge in [0.1, 0.15) is 5.75 Å². The van der Waals surface area contributed by atoms with E-state index in [1.54, 1.807) is 18.2 Å². The number of sulfonamides is 1. The van der Waals surface area contributed by atoms with Crippen LogP contribution in [0.2, 0.25) is 0 Å². The van der Waals surface area contributed by atoms with E-state index in [1.165, 1.54) is 16.4 Å². The van der Waals surface area contributed by atoms with Crippen molar-refractivity contribution in [2.45, 2.75) is 38.7 Å². The van der Waals surface area contributed by atoms with Crippen LogP contribution in [0.3, 0.4) is 0 Å². The highest BCUT2D eigenvalue weighted by Crippen LogP contribution is 2.31. The van der Waals surface area contributed by atoms with E-state index in [4.69, 9.17) is 9.47 Å². The monoisotopic (exact) mass is 497 g/mol. The molecule has 3 aromatic rings. The lowest BCUT2D eigenvalue weighted by atomic mass is 10.1. The lowest BCUT2D eigenvalue weighted by Crippen LogP contribution is -2.40. The van der Waals surface area contributed by atoms with Crippen LogP contribution in [0.1, 0.15) is 35.6 Å². The standard InChI is InChI=1S/C26H31N3O5S/c1-18(2)34-25-12-11-23(35(31,32)28-13-15-33-16-14-28)17-24(25)27-26(30)21-7-9-22(10-8-21)29-19(3)5-6-20(29)4/h5-12,17-18H,13-16H2,1-4H3,(H,27,30). The van der Waals surface area contributed by atoms with Crippen molar-refractivity contribution in [2.75, 3.05) is 31.6 Å². The summed E-state index contributed by atoms with van der Waals surface area (Å²) in [6.45, 7) is 9.10. The zero-order valence-electron chi connectivity index (χ0n) is 20.4. The van der Waals surface area contributed by atoms with Crippen LogP contribution in [0.4, 0.5) is 5.69 Å². The fourth-order valence-corrected chi connectivity index (χ4v) is 5.53. The normalized spacial score (nSPS) is 14.8. The van der Waals surface area contributed by atoms with Crippen molar-refractivity contribution in [1.29, 1.82) is 0 Å². The molecule has 1 amide bonds. The van der Waals surface area contributed by atoms with Crippen LogP contribution >= 0.6 is 0 Å². The minimum absolute atomic E-state index is 0.0970. The number of ether oxygens (including phenoxy) is 2. The molecule has 0 bridgehead atoms. The average Bonchev–Trinajstić information content (AvgIpc) is 3.18. The number of hydrogen-bond acceptors (Lipinski definition) is 5. The molecule has 186 valence electrons. The van der Waals surface area contributed by atoms with E-state index in [0.29, 0.717) is 43.3 Å². The smallest absolute Gasteiger partial charge is 0.255 e. The molecule has 1 fully saturated rings. The first-order chi connectivity index (χ1) is 16.7. The first-order valence-corrected chi connectivity index (χ1v) is 13.1. The average molecular weight is 498 g/mol. The molecule has 4 rings (SSSR count). The zero-order valence-corrected chi connectivity index (χ0v) is 21.3. The van der Waals surface area contributed by atoms with E-state index in [9.17, 15) is 13.2 Å². The summed E-state index contributed by atoms with van der Waals surface area (Å²) in [4.78, 5) is 13.2. The highest BCUT2D eigenvalue weighted by molar-refractivity contribution is 7.89. The molecule has 1 aliphatic heterocycles. The molecule has 0 aliphatic carbocycles. The summed E-state index contributed by atoms with van der Waals surface area (Å²) < 4.78 is 40.9. The summed E-state index contributed by atoms with van der Waals surface area (Å²) in [5.74, 6) is 0.0523. The fraction of sp³-hybridized carbons (Fsp3) is 0.346. The summed E-state index contributed by atoms with van der Waals surface area (Å²) in [5.41, 5.74) is 3.93. The van der Waals surface area contributed by atoms with Gasteiger partial charge in [0.2, 0.25) is 10.0 Å². The number of hydrogen-bond donors (Lipinski definition) is 1. The molecule has 1 N–H and O–H groups in total. The van der Waals surface area contributed by atoms with Gasteiger partial charge in [-0.3, -0.25) is 4.79 Å². The minimum atomic E-state index is -3.73. The third kappa shape index (κ3) is 5.42. The number of carbonyl (C=O) groups is 1. The number of amides is 1. The number of anilines is 1. The number of nitrogens with one attached hydrogen (secondary N) is 1. The van der Waals surface area contributed by atoms with Crippen LogP contribution in [0.5, 0.6) is 5.75 Å². The lowest BCUT2D eigenvalue weighted by molar-refractivity contribution is 0.0730. The molecule has 0 atom stereocenters. The number of rotatable bonds is 7. The van der Waals surface area contributed by atoms with Crippen LogP contribution < -0.4 is 10.1 Å². The van der Waals surface area contributed by atoms with Gasteiger partial charge in [-0.1, -0.05) is 0 Å². The van der Waals surface area contributed by atoms with Gasteiger partial charge in [0, 0.05) is 35.7 Å². The van der Waals surface area contributed by atoms with Gasteiger partial charge in [-0.2, -0.15) is 4.31 Å². The molecule has 0 saturated carbocycles. The second-order valence-corrected chi connectivity index (χ2v) is 10.7. The molecule has 9 heteroatoms. The molecule has 2 aromatic carbocycles. The van der Waals surface area contributed by atoms with Gasteiger partial charge >= 0.3 is 0 Å². The van der Waals surface area contributed by atoms with Gasteiger partial charge in [0.15, 0.2) is 0 Å². The van der Waals surface area contributed by atoms with Crippen molar-refractivity contribution in [2.24, 2.45) is 0 Å². The fourth-order valence-electron chi connectivity index (χ4n) is 4.09. The van der Waals surface area contributed by atoms with Crippen molar-refractivity contribution < 1.29 is 22.7 Å². The van der Waals surface area contributed by atoms with Crippen molar-refractivity contribution in [3.63, 3.8) is 0 Å². The molecule has 1 aromatic heterocycles. The summed E-state index contributed by atoms with van der Waals surface area (Å²) in [6.07, 6.45) is -0.153. The van der Waals surface area contributed by atoms with Gasteiger partial charge in [-0.05, 0) is 82.3 Å². The van der Waals surface area contributed by atoms with Crippen LogP contribution in [0.25, 0.3) is 5.69 Å². The Hall–Kier alpha value is -3.14. The Morgan fingerprint density at radius 3 is 2.20 bits per heavy atom. The van der Waals surface area contributed by atoms with Crippen molar-refractivity contribution in [3.05, 3.63) is 71.5 Å². The third-order valence-electron chi connectivity index (χ3n) is 5.83. The number of nitrogens with zero attached hydrogens (tertiary/aromatic N) is 2. The first kappa shape index (κ1) is 25.0. The van der Waals surface area contributed by atoms with Crippen LogP contribution in [-0.4, -0.2) is 55.6 Å². The molecule has 1 aliphatic rings. The van der Waals surface area contributed by atoms with Crippen molar-refractivity contribution in [1.82, 2.24) is 8.87 Å². The van der Waals surface area contributed by atoms with Gasteiger partial charge in [0.05, 0.1) is 29.9 Å². The van der Waals surface area contributed by atoms with Gasteiger partial charge in [-0.25, -0.2) is 8.42 Å². The van der Waals surface area contributed by atoms with Gasteiger partial charge in [-0.15, -0.1) is 0 Å².